The molecule has 0 radical (unpaired) electrons. The Morgan fingerprint density at radius 2 is 1.90 bits per heavy atom. The molecule has 0 atom stereocenters. The molecule has 21 heavy (non-hydrogen) atoms. The van der Waals surface area contributed by atoms with E-state index in [-0.39, 0.29) is 11.3 Å². The SMILES string of the molecule is COc1cc(/C=N\N)ccc1OC(=O)c1ccc(F)cc1. The summed E-state index contributed by atoms with van der Waals surface area (Å²) in [4.78, 5) is 12.0. The molecule has 0 heterocycles. The minimum absolute atomic E-state index is 0.242. The number of hydrogen-bond acceptors (Lipinski definition) is 5. The molecular weight excluding hydrogens is 275 g/mol. The third kappa shape index (κ3) is 3.56. The number of nitrogens with zero attached hydrogens (tertiary/aromatic N) is 1. The van der Waals surface area contributed by atoms with Gasteiger partial charge in [0.1, 0.15) is 5.82 Å². The van der Waals surface area contributed by atoms with Gasteiger partial charge in [-0.25, -0.2) is 9.18 Å². The van der Waals surface area contributed by atoms with E-state index in [0.717, 1.165) is 0 Å². The quantitative estimate of drug-likeness (QED) is 0.308. The Labute approximate surface area is 120 Å². The molecule has 0 amide bonds. The first-order valence-electron chi connectivity index (χ1n) is 6.03. The number of ether oxygens (including phenoxy) is 2. The summed E-state index contributed by atoms with van der Waals surface area (Å²) in [6.45, 7) is 0. The summed E-state index contributed by atoms with van der Waals surface area (Å²) in [5.41, 5.74) is 0.946. The van der Waals surface area contributed by atoms with Crippen LogP contribution in [0.2, 0.25) is 0 Å². The molecule has 5 nitrogen and oxygen atoms in total. The van der Waals surface area contributed by atoms with Crippen molar-refractivity contribution < 1.29 is 18.7 Å². The van der Waals surface area contributed by atoms with E-state index >= 15 is 0 Å². The average molecular weight is 288 g/mol. The van der Waals surface area contributed by atoms with Gasteiger partial charge in [-0.15, -0.1) is 0 Å². The predicted octanol–water partition coefficient (Wildman–Crippen LogP) is 2.35. The fraction of sp³-hybridized carbons (Fsp3) is 0.0667. The Morgan fingerprint density at radius 3 is 2.52 bits per heavy atom. The number of halogens is 1. The molecule has 0 unspecified atom stereocenters. The Kier molecular flexibility index (Phi) is 4.50. The van der Waals surface area contributed by atoms with Crippen LogP contribution in [0.3, 0.4) is 0 Å². The van der Waals surface area contributed by atoms with Gasteiger partial charge >= 0.3 is 5.97 Å². The van der Waals surface area contributed by atoms with Gasteiger partial charge in [-0.2, -0.15) is 5.10 Å². The lowest BCUT2D eigenvalue weighted by molar-refractivity contribution is 0.0729. The number of carbonyl (C=O) groups is 1. The summed E-state index contributed by atoms with van der Waals surface area (Å²) in [7, 11) is 1.45. The number of benzene rings is 2. The number of methoxy groups -OCH3 is 1. The van der Waals surface area contributed by atoms with Crippen LogP contribution < -0.4 is 15.3 Å². The van der Waals surface area contributed by atoms with E-state index in [1.165, 1.54) is 37.6 Å². The molecule has 0 aromatic heterocycles. The highest BCUT2D eigenvalue weighted by Gasteiger charge is 2.12. The first-order chi connectivity index (χ1) is 10.1. The van der Waals surface area contributed by atoms with Gasteiger partial charge in [0.05, 0.1) is 18.9 Å². The lowest BCUT2D eigenvalue weighted by atomic mass is 10.2. The van der Waals surface area contributed by atoms with Crippen LogP contribution in [0.5, 0.6) is 11.5 Å². The summed E-state index contributed by atoms with van der Waals surface area (Å²) in [6, 6.07) is 9.94. The number of hydrogen-bond donors (Lipinski definition) is 1. The molecule has 6 heteroatoms. The largest absolute Gasteiger partial charge is 0.493 e. The predicted molar refractivity (Wildman–Crippen MR) is 76.1 cm³/mol. The number of hydrazone groups is 1. The van der Waals surface area contributed by atoms with Gasteiger partial charge in [-0.3, -0.25) is 0 Å². The van der Waals surface area contributed by atoms with Crippen LogP contribution in [0.4, 0.5) is 4.39 Å². The number of nitrogens with two attached hydrogens (primary N) is 1. The molecule has 0 aliphatic rings. The first-order valence-corrected chi connectivity index (χ1v) is 6.03. The molecule has 0 spiro atoms. The second-order valence-electron chi connectivity index (χ2n) is 4.08. The van der Waals surface area contributed by atoms with Crippen molar-refractivity contribution in [3.8, 4) is 11.5 Å². The zero-order chi connectivity index (χ0) is 15.2. The molecule has 2 rings (SSSR count). The van der Waals surface area contributed by atoms with Gasteiger partial charge in [0.25, 0.3) is 0 Å². The Balaban J connectivity index is 2.22. The Bertz CT molecular complexity index is 669. The van der Waals surface area contributed by atoms with E-state index in [2.05, 4.69) is 5.10 Å². The van der Waals surface area contributed by atoms with Crippen molar-refractivity contribution in [3.63, 3.8) is 0 Å². The van der Waals surface area contributed by atoms with Gasteiger partial charge in [0.2, 0.25) is 0 Å². The molecule has 108 valence electrons. The van der Waals surface area contributed by atoms with E-state index in [0.29, 0.717) is 11.3 Å². The van der Waals surface area contributed by atoms with Crippen molar-refractivity contribution in [3.05, 3.63) is 59.4 Å². The summed E-state index contributed by atoms with van der Waals surface area (Å²) in [5.74, 6) is 4.66. The summed E-state index contributed by atoms with van der Waals surface area (Å²) in [5, 5.41) is 3.40. The normalized spacial score (nSPS) is 10.6. The highest BCUT2D eigenvalue weighted by molar-refractivity contribution is 5.91. The summed E-state index contributed by atoms with van der Waals surface area (Å²) in [6.07, 6.45) is 1.44. The second-order valence-corrected chi connectivity index (χ2v) is 4.08. The Hall–Kier alpha value is -2.89. The topological polar surface area (TPSA) is 73.9 Å². The second kappa shape index (κ2) is 6.51. The highest BCUT2D eigenvalue weighted by Crippen LogP contribution is 2.28. The summed E-state index contributed by atoms with van der Waals surface area (Å²) >= 11 is 0. The van der Waals surface area contributed by atoms with Gasteiger partial charge in [0.15, 0.2) is 11.5 Å². The monoisotopic (exact) mass is 288 g/mol. The number of esters is 1. The van der Waals surface area contributed by atoms with E-state index in [1.54, 1.807) is 18.2 Å². The van der Waals surface area contributed by atoms with Gasteiger partial charge < -0.3 is 15.3 Å². The zero-order valence-electron chi connectivity index (χ0n) is 11.2. The molecule has 0 saturated carbocycles. The maximum Gasteiger partial charge on any atom is 0.343 e. The third-order valence-electron chi connectivity index (χ3n) is 2.69. The van der Waals surface area contributed by atoms with Crippen LogP contribution in [0, 0.1) is 5.82 Å². The fourth-order valence-electron chi connectivity index (χ4n) is 1.68. The van der Waals surface area contributed by atoms with Crippen molar-refractivity contribution in [1.82, 2.24) is 0 Å². The van der Waals surface area contributed by atoms with Crippen molar-refractivity contribution >= 4 is 12.2 Å². The minimum Gasteiger partial charge on any atom is -0.493 e. The van der Waals surface area contributed by atoms with Crippen LogP contribution in [-0.4, -0.2) is 19.3 Å². The third-order valence-corrected chi connectivity index (χ3v) is 2.69. The van der Waals surface area contributed by atoms with Crippen LogP contribution >= 0.6 is 0 Å². The molecular formula is C15H13FN2O3. The molecule has 0 saturated heterocycles. The van der Waals surface area contributed by atoms with E-state index in [4.69, 9.17) is 15.3 Å². The molecule has 2 aromatic rings. The lowest BCUT2D eigenvalue weighted by Gasteiger charge is -2.09. The van der Waals surface area contributed by atoms with Gasteiger partial charge in [-0.05, 0) is 48.0 Å². The van der Waals surface area contributed by atoms with Crippen molar-refractivity contribution in [1.29, 1.82) is 0 Å². The maximum atomic E-state index is 12.8. The highest BCUT2D eigenvalue weighted by atomic mass is 19.1. The van der Waals surface area contributed by atoms with Crippen molar-refractivity contribution in [2.75, 3.05) is 7.11 Å². The van der Waals surface area contributed by atoms with Gasteiger partial charge in [-0.1, -0.05) is 0 Å². The van der Waals surface area contributed by atoms with E-state index in [1.807, 2.05) is 0 Å². The van der Waals surface area contributed by atoms with E-state index in [9.17, 15) is 9.18 Å². The minimum atomic E-state index is -0.603. The zero-order valence-corrected chi connectivity index (χ0v) is 11.2. The summed E-state index contributed by atoms with van der Waals surface area (Å²) < 4.78 is 23.2. The van der Waals surface area contributed by atoms with Crippen LogP contribution in [-0.2, 0) is 0 Å². The van der Waals surface area contributed by atoms with Crippen LogP contribution in [0.25, 0.3) is 0 Å². The van der Waals surface area contributed by atoms with Crippen molar-refractivity contribution in [2.45, 2.75) is 0 Å². The molecule has 0 aliphatic carbocycles. The Morgan fingerprint density at radius 1 is 1.19 bits per heavy atom. The molecule has 0 fully saturated rings. The number of rotatable bonds is 4. The molecule has 0 bridgehead atoms. The van der Waals surface area contributed by atoms with Crippen LogP contribution in [0.1, 0.15) is 15.9 Å². The first kappa shape index (κ1) is 14.5. The molecule has 2 N–H and O–H groups in total. The standard InChI is InChI=1S/C15H13FN2O3/c1-20-14-8-10(9-18-17)2-7-13(14)21-15(19)11-3-5-12(16)6-4-11/h2-9H,17H2,1H3/b18-9-. The van der Waals surface area contributed by atoms with Gasteiger partial charge in [0, 0.05) is 0 Å². The molecule has 2 aromatic carbocycles. The number of carbonyl (C=O) groups excluding carboxylic acids is 1. The average Bonchev–Trinajstić information content (AvgIpc) is 2.49. The van der Waals surface area contributed by atoms with Crippen molar-refractivity contribution in [2.24, 2.45) is 10.9 Å². The molecule has 0 aliphatic heterocycles. The van der Waals surface area contributed by atoms with Crippen LogP contribution in [0.15, 0.2) is 47.6 Å². The lowest BCUT2D eigenvalue weighted by Crippen LogP contribution is -2.09. The maximum absolute atomic E-state index is 12.8. The van der Waals surface area contributed by atoms with E-state index < -0.39 is 11.8 Å². The fourth-order valence-corrected chi connectivity index (χ4v) is 1.68. The smallest absolute Gasteiger partial charge is 0.343 e.